The Labute approximate surface area is 294 Å². The molecule has 244 valence electrons. The third kappa shape index (κ3) is 5.64. The minimum absolute atomic E-state index is 0.219. The molecule has 0 aliphatic carbocycles. The van der Waals surface area contributed by atoms with Gasteiger partial charge in [0.15, 0.2) is 0 Å². The van der Waals surface area contributed by atoms with E-state index in [1.54, 1.807) is 0 Å². The molecule has 48 heavy (non-hydrogen) atoms. The second-order valence-corrected chi connectivity index (χ2v) is 25.7. The molecule has 0 saturated carbocycles. The van der Waals surface area contributed by atoms with E-state index < -0.39 is 11.9 Å². The molecule has 0 bridgehead atoms. The summed E-state index contributed by atoms with van der Waals surface area (Å²) < 4.78 is 13.7. The first kappa shape index (κ1) is 33.2. The first-order chi connectivity index (χ1) is 23.4. The van der Waals surface area contributed by atoms with Crippen molar-refractivity contribution in [3.63, 3.8) is 0 Å². The molecule has 2 unspecified atom stereocenters. The maximum atomic E-state index is 8.39. The molecule has 1 fully saturated rings. The summed E-state index contributed by atoms with van der Waals surface area (Å²) in [4.78, 5) is 0. The SMILES string of the molecule is ClP(CC1COC(CP(Cl)(c2ccccc2)(c2ccccc2)c2ccccc2)CO1)(c1ccccc1)(c1ccccc1)c1ccccc1. The minimum atomic E-state index is -3.53. The molecule has 0 amide bonds. The molecule has 6 aromatic carbocycles. The number of rotatable bonds is 10. The van der Waals surface area contributed by atoms with Crippen molar-refractivity contribution in [1.29, 1.82) is 0 Å². The molecule has 2 atom stereocenters. The molecular weight excluding hydrogens is 669 g/mol. The Balaban J connectivity index is 1.26. The van der Waals surface area contributed by atoms with Crippen LogP contribution in [0.2, 0.25) is 0 Å². The normalized spacial score (nSPS) is 18.5. The molecule has 1 heterocycles. The fraction of sp³-hybridized carbons (Fsp3) is 0.143. The van der Waals surface area contributed by atoms with Gasteiger partial charge in [-0.1, -0.05) is 0 Å². The van der Waals surface area contributed by atoms with Gasteiger partial charge in [-0.15, -0.1) is 0 Å². The van der Waals surface area contributed by atoms with Gasteiger partial charge in [-0.25, -0.2) is 0 Å². The molecular formula is C42H40Cl2O2P2. The average Bonchev–Trinajstić information content (AvgIpc) is 3.18. The first-order valence-electron chi connectivity index (χ1n) is 16.5. The van der Waals surface area contributed by atoms with Crippen LogP contribution in [0.3, 0.4) is 0 Å². The van der Waals surface area contributed by atoms with Crippen LogP contribution in [0.25, 0.3) is 0 Å². The molecule has 0 N–H and O–H groups in total. The van der Waals surface area contributed by atoms with Gasteiger partial charge in [0.25, 0.3) is 0 Å². The summed E-state index contributed by atoms with van der Waals surface area (Å²) in [5, 5.41) is 6.73. The summed E-state index contributed by atoms with van der Waals surface area (Å²) in [6.07, 6.45) is 0.781. The number of ether oxygens (including phenoxy) is 2. The van der Waals surface area contributed by atoms with Crippen molar-refractivity contribution in [2.24, 2.45) is 0 Å². The first-order valence-corrected chi connectivity index (χ1v) is 23.1. The third-order valence-electron chi connectivity index (χ3n) is 9.90. The standard InChI is InChI=1S/C42H40Cl2O2P2/c43-47(37-19-7-1-8-20-37,38-21-9-2-10-22-38,39-23-11-3-12-24-39)33-35-31-46-36(32-45-35)34-48(44,40-25-13-4-14-26-40,41-27-15-5-16-28-41)42-29-17-6-18-30-42/h1-30,35-36H,31-34H2. The van der Waals surface area contributed by atoms with Crippen LogP contribution >= 0.6 is 34.4 Å². The van der Waals surface area contributed by atoms with E-state index in [9.17, 15) is 0 Å². The third-order valence-corrected chi connectivity index (χ3v) is 24.7. The number of benzene rings is 6. The molecule has 0 aromatic heterocycles. The number of hydrogen-bond acceptors (Lipinski definition) is 2. The molecule has 2 nitrogen and oxygen atoms in total. The summed E-state index contributed by atoms with van der Waals surface area (Å²) in [7, 11) is 0. The monoisotopic (exact) mass is 708 g/mol. The van der Waals surface area contributed by atoms with Crippen molar-refractivity contribution < 1.29 is 9.47 Å². The van der Waals surface area contributed by atoms with Gasteiger partial charge < -0.3 is 0 Å². The van der Waals surface area contributed by atoms with E-state index in [1.807, 2.05) is 36.4 Å². The van der Waals surface area contributed by atoms with Gasteiger partial charge in [-0.3, -0.25) is 0 Å². The Morgan fingerprint density at radius 1 is 0.354 bits per heavy atom. The quantitative estimate of drug-likeness (QED) is 0.134. The van der Waals surface area contributed by atoms with Gasteiger partial charge >= 0.3 is 295 Å². The van der Waals surface area contributed by atoms with Crippen molar-refractivity contribution in [2.45, 2.75) is 12.2 Å². The Kier molecular flexibility index (Phi) is 9.36. The Morgan fingerprint density at radius 2 is 0.542 bits per heavy atom. The van der Waals surface area contributed by atoms with Crippen LogP contribution in [0, 0.1) is 0 Å². The number of hydrogen-bond donors (Lipinski definition) is 0. The van der Waals surface area contributed by atoms with Gasteiger partial charge in [0.1, 0.15) is 0 Å². The van der Waals surface area contributed by atoms with Crippen molar-refractivity contribution in [1.82, 2.24) is 0 Å². The summed E-state index contributed by atoms with van der Waals surface area (Å²) in [6.45, 7) is 0.840. The Hall–Kier alpha value is -3.32. The second-order valence-electron chi connectivity index (χ2n) is 12.7. The van der Waals surface area contributed by atoms with Crippen LogP contribution in [-0.4, -0.2) is 37.7 Å². The van der Waals surface area contributed by atoms with E-state index in [-0.39, 0.29) is 12.2 Å². The van der Waals surface area contributed by atoms with Crippen LogP contribution < -0.4 is 31.8 Å². The van der Waals surface area contributed by atoms with Crippen LogP contribution in [0.5, 0.6) is 0 Å². The zero-order valence-electron chi connectivity index (χ0n) is 26.8. The van der Waals surface area contributed by atoms with Crippen molar-refractivity contribution in [2.75, 3.05) is 25.5 Å². The van der Waals surface area contributed by atoms with Gasteiger partial charge in [-0.2, -0.15) is 0 Å². The summed E-state index contributed by atoms with van der Waals surface area (Å²) in [6, 6.07) is 63.4. The van der Waals surface area contributed by atoms with Crippen LogP contribution in [0.1, 0.15) is 0 Å². The Morgan fingerprint density at radius 3 is 0.708 bits per heavy atom. The maximum absolute atomic E-state index is 8.39. The molecule has 6 aromatic rings. The van der Waals surface area contributed by atoms with Crippen molar-refractivity contribution >= 4 is 66.2 Å². The summed E-state index contributed by atoms with van der Waals surface area (Å²) >= 11 is 16.8. The van der Waals surface area contributed by atoms with E-state index in [4.69, 9.17) is 32.0 Å². The second kappa shape index (κ2) is 13.5. The van der Waals surface area contributed by atoms with Gasteiger partial charge in [0.2, 0.25) is 0 Å². The summed E-state index contributed by atoms with van der Waals surface area (Å²) in [5.41, 5.74) is 0. The molecule has 1 saturated heterocycles. The average molecular weight is 710 g/mol. The van der Waals surface area contributed by atoms with Crippen molar-refractivity contribution in [3.05, 3.63) is 182 Å². The van der Waals surface area contributed by atoms with Crippen LogP contribution in [0.4, 0.5) is 0 Å². The zero-order valence-corrected chi connectivity index (χ0v) is 30.1. The van der Waals surface area contributed by atoms with E-state index >= 15 is 0 Å². The van der Waals surface area contributed by atoms with Crippen molar-refractivity contribution in [3.8, 4) is 0 Å². The van der Waals surface area contributed by atoms with Crippen LogP contribution in [0.15, 0.2) is 182 Å². The van der Waals surface area contributed by atoms with Crippen LogP contribution in [-0.2, 0) is 9.47 Å². The molecule has 0 radical (unpaired) electrons. The molecule has 1 aliphatic heterocycles. The predicted octanol–water partition coefficient (Wildman–Crippen LogP) is 8.14. The fourth-order valence-corrected chi connectivity index (χ4v) is 20.2. The van der Waals surface area contributed by atoms with Gasteiger partial charge in [0, 0.05) is 0 Å². The van der Waals surface area contributed by atoms with E-state index in [1.165, 1.54) is 0 Å². The van der Waals surface area contributed by atoms with E-state index in [2.05, 4.69) is 146 Å². The number of halogens is 2. The predicted molar refractivity (Wildman–Crippen MR) is 211 cm³/mol. The van der Waals surface area contributed by atoms with Gasteiger partial charge in [-0.05, 0) is 0 Å². The molecule has 1 aliphatic rings. The molecule has 7 rings (SSSR count). The fourth-order valence-electron chi connectivity index (χ4n) is 7.52. The van der Waals surface area contributed by atoms with E-state index in [0.717, 1.165) is 31.8 Å². The van der Waals surface area contributed by atoms with E-state index in [0.29, 0.717) is 25.5 Å². The molecule has 6 heteroatoms. The topological polar surface area (TPSA) is 18.5 Å². The zero-order chi connectivity index (χ0) is 33.0. The van der Waals surface area contributed by atoms with Gasteiger partial charge in [0.05, 0.1) is 0 Å². The Bertz CT molecular complexity index is 1580. The molecule has 0 spiro atoms. The summed E-state index contributed by atoms with van der Waals surface area (Å²) in [5.74, 6) is -7.06.